The third-order valence-corrected chi connectivity index (χ3v) is 4.10. The van der Waals surface area contributed by atoms with Crippen LogP contribution in [0.2, 0.25) is 0 Å². The van der Waals surface area contributed by atoms with Crippen LogP contribution in [0.15, 0.2) is 59.2 Å². The quantitative estimate of drug-likeness (QED) is 0.631. The minimum Gasteiger partial charge on any atom is -0.384 e. The van der Waals surface area contributed by atoms with Gasteiger partial charge in [0.2, 0.25) is 0 Å². The molecular formula is C23H34O. The number of aliphatic hydroxyl groups is 1. The van der Waals surface area contributed by atoms with Crippen LogP contribution in [0.5, 0.6) is 0 Å². The molecule has 132 valence electrons. The molecule has 0 aliphatic heterocycles. The van der Waals surface area contributed by atoms with Crippen LogP contribution in [0.1, 0.15) is 61.0 Å². The number of allylic oxidation sites excluding steroid dienone is 3. The van der Waals surface area contributed by atoms with E-state index in [-0.39, 0.29) is 10.8 Å². The molecule has 1 nitrogen and oxygen atoms in total. The van der Waals surface area contributed by atoms with E-state index < -0.39 is 6.10 Å². The van der Waals surface area contributed by atoms with Crippen molar-refractivity contribution in [2.24, 2.45) is 10.8 Å². The smallest absolute Gasteiger partial charge is 0.0977 e. The van der Waals surface area contributed by atoms with E-state index in [4.69, 9.17) is 0 Å². The molecule has 0 aromatic heterocycles. The van der Waals surface area contributed by atoms with Gasteiger partial charge in [-0.2, -0.15) is 0 Å². The summed E-state index contributed by atoms with van der Waals surface area (Å²) >= 11 is 0. The summed E-state index contributed by atoms with van der Waals surface area (Å²) in [6, 6.07) is 10.3. The molecule has 1 N–H and O–H groups in total. The summed E-state index contributed by atoms with van der Waals surface area (Å²) in [6.07, 6.45) is 5.98. The molecule has 0 unspecified atom stereocenters. The van der Waals surface area contributed by atoms with Crippen LogP contribution in [0.3, 0.4) is 0 Å². The normalized spacial score (nSPS) is 18.2. The van der Waals surface area contributed by atoms with Crippen LogP contribution in [0, 0.1) is 10.8 Å². The number of hydrogen-bond donors (Lipinski definition) is 1. The summed E-state index contributed by atoms with van der Waals surface area (Å²) in [5.41, 5.74) is 4.40. The first-order valence-electron chi connectivity index (χ1n) is 8.98. The Hall–Kier alpha value is -1.60. The molecule has 24 heavy (non-hydrogen) atoms. The van der Waals surface area contributed by atoms with Crippen molar-refractivity contribution in [1.29, 1.82) is 0 Å². The molecule has 1 aromatic rings. The van der Waals surface area contributed by atoms with Crippen molar-refractivity contribution in [3.63, 3.8) is 0 Å². The Morgan fingerprint density at radius 1 is 0.792 bits per heavy atom. The van der Waals surface area contributed by atoms with Gasteiger partial charge in [0.05, 0.1) is 6.10 Å². The van der Waals surface area contributed by atoms with Crippen molar-refractivity contribution in [3.8, 4) is 0 Å². The first kappa shape index (κ1) is 20.4. The average Bonchev–Trinajstić information content (AvgIpc) is 2.49. The fraction of sp³-hybridized carbons (Fsp3) is 0.478. The lowest BCUT2D eigenvalue weighted by Crippen LogP contribution is -2.31. The summed E-state index contributed by atoms with van der Waals surface area (Å²) in [4.78, 5) is 0. The van der Waals surface area contributed by atoms with Crippen molar-refractivity contribution in [1.82, 2.24) is 0 Å². The molecule has 0 radical (unpaired) electrons. The van der Waals surface area contributed by atoms with Gasteiger partial charge in [0.15, 0.2) is 0 Å². The topological polar surface area (TPSA) is 20.2 Å². The van der Waals surface area contributed by atoms with Gasteiger partial charge < -0.3 is 5.11 Å². The van der Waals surface area contributed by atoms with Gasteiger partial charge in [0, 0.05) is 0 Å². The predicted octanol–water partition coefficient (Wildman–Crippen LogP) is 6.42. The second-order valence-corrected chi connectivity index (χ2v) is 8.16. The highest BCUT2D eigenvalue weighted by Crippen LogP contribution is 2.41. The van der Waals surface area contributed by atoms with Gasteiger partial charge in [-0.15, -0.1) is 0 Å². The zero-order valence-corrected chi connectivity index (χ0v) is 16.6. The Morgan fingerprint density at radius 3 is 1.58 bits per heavy atom. The lowest BCUT2D eigenvalue weighted by Gasteiger charge is -2.37. The zero-order chi connectivity index (χ0) is 18.5. The largest absolute Gasteiger partial charge is 0.384 e. The molecule has 1 heteroatoms. The van der Waals surface area contributed by atoms with Gasteiger partial charge in [0.1, 0.15) is 0 Å². The molecule has 0 saturated heterocycles. The summed E-state index contributed by atoms with van der Waals surface area (Å²) < 4.78 is 0. The summed E-state index contributed by atoms with van der Waals surface area (Å²) in [6.45, 7) is 17.0. The van der Waals surface area contributed by atoms with E-state index in [0.29, 0.717) is 0 Å². The number of rotatable bonds is 1. The standard InChI is InChI=1S/C21H28O.C2H6/c1-20(2,3)17-13-16(12-15-10-8-7-9-11-15)14-18(19(17)22)21(4,5)6;1-2/h7-14,19,22H,1-6H3;1-2H3. The van der Waals surface area contributed by atoms with E-state index in [1.807, 2.05) is 32.0 Å². The molecule has 2 rings (SSSR count). The third-order valence-electron chi connectivity index (χ3n) is 4.10. The van der Waals surface area contributed by atoms with Gasteiger partial charge in [0.25, 0.3) is 0 Å². The zero-order valence-electron chi connectivity index (χ0n) is 16.6. The van der Waals surface area contributed by atoms with E-state index in [9.17, 15) is 5.11 Å². The molecule has 1 aliphatic carbocycles. The van der Waals surface area contributed by atoms with Crippen molar-refractivity contribution in [2.45, 2.75) is 61.5 Å². The van der Waals surface area contributed by atoms with Crippen LogP contribution in [-0.2, 0) is 0 Å². The molecule has 0 spiro atoms. The van der Waals surface area contributed by atoms with Crippen molar-refractivity contribution < 1.29 is 5.11 Å². The van der Waals surface area contributed by atoms with Crippen molar-refractivity contribution in [3.05, 3.63) is 64.8 Å². The number of hydrogen-bond acceptors (Lipinski definition) is 1. The van der Waals surface area contributed by atoms with E-state index in [0.717, 1.165) is 16.7 Å². The minimum atomic E-state index is -0.493. The average molecular weight is 327 g/mol. The molecule has 0 atom stereocenters. The fourth-order valence-corrected chi connectivity index (χ4v) is 2.80. The highest BCUT2D eigenvalue weighted by Gasteiger charge is 2.34. The summed E-state index contributed by atoms with van der Waals surface area (Å²) in [7, 11) is 0. The number of aliphatic hydroxyl groups excluding tert-OH is 1. The maximum Gasteiger partial charge on any atom is 0.0977 e. The van der Waals surface area contributed by atoms with Gasteiger partial charge >= 0.3 is 0 Å². The Balaban J connectivity index is 0.00000139. The molecule has 0 fully saturated rings. The maximum atomic E-state index is 10.8. The Bertz CT molecular complexity index is 582. The van der Waals surface area contributed by atoms with E-state index in [2.05, 4.69) is 71.9 Å². The second-order valence-electron chi connectivity index (χ2n) is 8.16. The minimum absolute atomic E-state index is 0.0556. The predicted molar refractivity (Wildman–Crippen MR) is 107 cm³/mol. The van der Waals surface area contributed by atoms with Crippen molar-refractivity contribution in [2.75, 3.05) is 0 Å². The van der Waals surface area contributed by atoms with Crippen LogP contribution < -0.4 is 0 Å². The van der Waals surface area contributed by atoms with Crippen LogP contribution >= 0.6 is 0 Å². The Kier molecular flexibility index (Phi) is 6.80. The SMILES string of the molecule is CC.CC(C)(C)C1=CC(=Cc2ccccc2)C=C(C(C)(C)C)C1O. The fourth-order valence-electron chi connectivity index (χ4n) is 2.80. The van der Waals surface area contributed by atoms with Gasteiger partial charge in [-0.25, -0.2) is 0 Å². The van der Waals surface area contributed by atoms with Gasteiger partial charge in [-0.05, 0) is 39.2 Å². The Labute approximate surface area is 148 Å². The Morgan fingerprint density at radius 2 is 1.21 bits per heavy atom. The molecule has 0 amide bonds. The maximum absolute atomic E-state index is 10.8. The molecular weight excluding hydrogens is 292 g/mol. The van der Waals surface area contributed by atoms with Gasteiger partial charge in [-0.1, -0.05) is 97.9 Å². The summed E-state index contributed by atoms with van der Waals surface area (Å²) in [5, 5.41) is 10.8. The lowest BCUT2D eigenvalue weighted by atomic mass is 9.71. The third kappa shape index (κ3) is 5.21. The van der Waals surface area contributed by atoms with E-state index in [1.54, 1.807) is 0 Å². The van der Waals surface area contributed by atoms with Crippen LogP contribution in [0.4, 0.5) is 0 Å². The highest BCUT2D eigenvalue weighted by molar-refractivity contribution is 5.63. The lowest BCUT2D eigenvalue weighted by molar-refractivity contribution is 0.192. The molecule has 0 heterocycles. The molecule has 1 aliphatic rings. The van der Waals surface area contributed by atoms with Crippen molar-refractivity contribution >= 4 is 6.08 Å². The van der Waals surface area contributed by atoms with Gasteiger partial charge in [-0.3, -0.25) is 0 Å². The summed E-state index contributed by atoms with van der Waals surface area (Å²) in [5.74, 6) is 0. The monoisotopic (exact) mass is 326 g/mol. The first-order chi connectivity index (χ1) is 11.1. The van der Waals surface area contributed by atoms with E-state index in [1.165, 1.54) is 5.56 Å². The number of benzene rings is 1. The molecule has 1 aromatic carbocycles. The van der Waals surface area contributed by atoms with Crippen LogP contribution in [0.25, 0.3) is 6.08 Å². The molecule has 0 bridgehead atoms. The molecule has 0 saturated carbocycles. The second kappa shape index (κ2) is 7.98. The van der Waals surface area contributed by atoms with Crippen LogP contribution in [-0.4, -0.2) is 11.2 Å². The first-order valence-corrected chi connectivity index (χ1v) is 8.98. The highest BCUT2D eigenvalue weighted by atomic mass is 16.3. The van der Waals surface area contributed by atoms with E-state index >= 15 is 0 Å².